The van der Waals surface area contributed by atoms with Crippen LogP contribution in [0.3, 0.4) is 0 Å². The molecule has 0 radical (unpaired) electrons. The third-order valence-corrected chi connectivity index (χ3v) is 5.65. The average Bonchev–Trinajstić information content (AvgIpc) is 2.99. The number of nitrogens with zero attached hydrogens (tertiary/aromatic N) is 1. The quantitative estimate of drug-likeness (QED) is 0.713. The first-order chi connectivity index (χ1) is 10.9. The third-order valence-electron chi connectivity index (χ3n) is 5.65. The van der Waals surface area contributed by atoms with E-state index in [1.54, 1.807) is 0 Å². The van der Waals surface area contributed by atoms with Crippen molar-refractivity contribution >= 4 is 0 Å². The molecule has 22 heavy (non-hydrogen) atoms. The molecule has 3 unspecified atom stereocenters. The number of hydrogen-bond acceptors (Lipinski definition) is 1. The summed E-state index contributed by atoms with van der Waals surface area (Å²) in [5, 5.41) is 0. The van der Waals surface area contributed by atoms with Crippen molar-refractivity contribution < 1.29 is 0 Å². The fourth-order valence-corrected chi connectivity index (χ4v) is 4.61. The summed E-state index contributed by atoms with van der Waals surface area (Å²) in [6.07, 6.45) is 5.48. The van der Waals surface area contributed by atoms with E-state index in [1.165, 1.54) is 43.4 Å². The molecule has 114 valence electrons. The van der Waals surface area contributed by atoms with Crippen LogP contribution in [0.1, 0.15) is 43.7 Å². The molecule has 0 spiro atoms. The van der Waals surface area contributed by atoms with Crippen molar-refractivity contribution in [3.8, 4) is 0 Å². The molecule has 0 amide bonds. The predicted molar refractivity (Wildman–Crippen MR) is 91.8 cm³/mol. The Morgan fingerprint density at radius 3 is 2.00 bits per heavy atom. The Morgan fingerprint density at radius 2 is 1.55 bits per heavy atom. The largest absolute Gasteiger partial charge is 0.283 e. The van der Waals surface area contributed by atoms with E-state index in [0.29, 0.717) is 6.04 Å². The molecule has 2 aliphatic heterocycles. The molecule has 4 rings (SSSR count). The van der Waals surface area contributed by atoms with Gasteiger partial charge in [0.2, 0.25) is 0 Å². The van der Waals surface area contributed by atoms with Crippen LogP contribution < -0.4 is 0 Å². The van der Waals surface area contributed by atoms with Gasteiger partial charge in [0.1, 0.15) is 0 Å². The first-order valence-electron chi connectivity index (χ1n) is 8.75. The number of rotatable bonds is 5. The topological polar surface area (TPSA) is 3.01 Å². The molecule has 2 aliphatic rings. The second-order valence-electron chi connectivity index (χ2n) is 6.91. The van der Waals surface area contributed by atoms with E-state index in [1.807, 2.05) is 0 Å². The van der Waals surface area contributed by atoms with Crippen LogP contribution in [-0.2, 0) is 5.54 Å². The second-order valence-corrected chi connectivity index (χ2v) is 6.91. The van der Waals surface area contributed by atoms with Crippen molar-refractivity contribution in [1.29, 1.82) is 0 Å². The van der Waals surface area contributed by atoms with E-state index in [9.17, 15) is 0 Å². The minimum absolute atomic E-state index is 0.158. The minimum Gasteiger partial charge on any atom is -0.283 e. The van der Waals surface area contributed by atoms with Gasteiger partial charge in [-0.2, -0.15) is 0 Å². The van der Waals surface area contributed by atoms with E-state index in [2.05, 4.69) is 72.5 Å². The zero-order valence-corrected chi connectivity index (χ0v) is 13.4. The predicted octanol–water partition coefficient (Wildman–Crippen LogP) is 4.82. The Kier molecular flexibility index (Phi) is 3.54. The van der Waals surface area contributed by atoms with Gasteiger partial charge < -0.3 is 0 Å². The van der Waals surface area contributed by atoms with Crippen molar-refractivity contribution in [1.82, 2.24) is 4.90 Å². The summed E-state index contributed by atoms with van der Waals surface area (Å²) in [6.45, 7) is 3.57. The Balaban J connectivity index is 1.65. The molecular weight excluding hydrogens is 266 g/mol. The average molecular weight is 291 g/mol. The van der Waals surface area contributed by atoms with Gasteiger partial charge in [-0.3, -0.25) is 4.90 Å². The number of fused-ring (bicyclic) bond motifs is 1. The van der Waals surface area contributed by atoms with Crippen molar-refractivity contribution in [3.05, 3.63) is 71.8 Å². The lowest BCUT2D eigenvalue weighted by atomic mass is 9.82. The molecular formula is C21H25N. The monoisotopic (exact) mass is 291 g/mol. The zero-order valence-electron chi connectivity index (χ0n) is 13.4. The van der Waals surface area contributed by atoms with Gasteiger partial charge in [0, 0.05) is 12.6 Å². The van der Waals surface area contributed by atoms with Crippen LogP contribution in [0, 0.1) is 5.92 Å². The molecule has 0 bridgehead atoms. The van der Waals surface area contributed by atoms with Crippen LogP contribution in [0.4, 0.5) is 0 Å². The van der Waals surface area contributed by atoms with Crippen LogP contribution in [0.15, 0.2) is 60.7 Å². The molecule has 2 aromatic rings. The van der Waals surface area contributed by atoms with E-state index in [-0.39, 0.29) is 5.54 Å². The number of piperidine rings is 1. The van der Waals surface area contributed by atoms with Gasteiger partial charge >= 0.3 is 0 Å². The van der Waals surface area contributed by atoms with E-state index in [4.69, 9.17) is 0 Å². The normalized spacial score (nSPS) is 28.3. The molecule has 2 saturated heterocycles. The molecule has 2 fully saturated rings. The lowest BCUT2D eigenvalue weighted by Crippen LogP contribution is -2.25. The van der Waals surface area contributed by atoms with Gasteiger partial charge in [0.25, 0.3) is 0 Å². The molecule has 0 aliphatic carbocycles. The van der Waals surface area contributed by atoms with E-state index in [0.717, 1.165) is 5.92 Å². The van der Waals surface area contributed by atoms with Gasteiger partial charge in [0.15, 0.2) is 0 Å². The minimum atomic E-state index is 0.158. The summed E-state index contributed by atoms with van der Waals surface area (Å²) in [5.41, 5.74) is 3.10. The maximum absolute atomic E-state index is 2.75. The maximum atomic E-state index is 2.75. The van der Waals surface area contributed by atoms with Crippen LogP contribution in [-0.4, -0.2) is 17.5 Å². The summed E-state index contributed by atoms with van der Waals surface area (Å²) in [4.78, 5) is 2.75. The SMILES string of the molecule is CCCCC1CC2N(C1)C2(c1ccccc1)c1ccccc1. The Labute approximate surface area is 134 Å². The first-order valence-corrected chi connectivity index (χ1v) is 8.75. The Hall–Kier alpha value is -1.60. The standard InChI is InChI=1S/C21H25N/c1-2-3-10-17-15-20-21(22(20)16-17,18-11-6-4-7-12-18)19-13-8-5-9-14-19/h4-9,11-14,17,20H,2-3,10,15-16H2,1H3. The van der Waals surface area contributed by atoms with Crippen LogP contribution >= 0.6 is 0 Å². The number of hydrogen-bond donors (Lipinski definition) is 0. The highest BCUT2D eigenvalue weighted by atomic mass is 15.4. The summed E-state index contributed by atoms with van der Waals surface area (Å²) in [5.74, 6) is 0.908. The van der Waals surface area contributed by atoms with Crippen LogP contribution in [0.2, 0.25) is 0 Å². The lowest BCUT2D eigenvalue weighted by Gasteiger charge is -2.24. The molecule has 3 atom stereocenters. The maximum Gasteiger partial charge on any atom is 0.0877 e. The third kappa shape index (κ3) is 2.03. The molecule has 0 N–H and O–H groups in total. The van der Waals surface area contributed by atoms with Crippen LogP contribution in [0.25, 0.3) is 0 Å². The Morgan fingerprint density at radius 1 is 0.955 bits per heavy atom. The lowest BCUT2D eigenvalue weighted by molar-refractivity contribution is 0.371. The fraction of sp³-hybridized carbons (Fsp3) is 0.429. The zero-order chi connectivity index (χ0) is 15.0. The fourth-order valence-electron chi connectivity index (χ4n) is 4.61. The number of benzene rings is 2. The summed E-state index contributed by atoms with van der Waals surface area (Å²) in [6, 6.07) is 22.9. The van der Waals surface area contributed by atoms with Gasteiger partial charge in [-0.05, 0) is 29.9 Å². The smallest absolute Gasteiger partial charge is 0.0877 e. The van der Waals surface area contributed by atoms with Crippen molar-refractivity contribution in [3.63, 3.8) is 0 Å². The van der Waals surface area contributed by atoms with E-state index >= 15 is 0 Å². The van der Waals surface area contributed by atoms with Gasteiger partial charge in [0.05, 0.1) is 5.54 Å². The number of unbranched alkanes of at least 4 members (excludes halogenated alkanes) is 1. The van der Waals surface area contributed by atoms with Gasteiger partial charge in [-0.1, -0.05) is 80.4 Å². The van der Waals surface area contributed by atoms with Gasteiger partial charge in [-0.25, -0.2) is 0 Å². The molecule has 2 heterocycles. The summed E-state index contributed by atoms with van der Waals surface area (Å²) < 4.78 is 0. The van der Waals surface area contributed by atoms with Gasteiger partial charge in [-0.15, -0.1) is 0 Å². The van der Waals surface area contributed by atoms with Crippen molar-refractivity contribution in [2.75, 3.05) is 6.54 Å². The Bertz CT molecular complexity index is 565. The molecule has 0 aromatic heterocycles. The molecule has 2 aromatic carbocycles. The van der Waals surface area contributed by atoms with Crippen molar-refractivity contribution in [2.24, 2.45) is 5.92 Å². The summed E-state index contributed by atoms with van der Waals surface area (Å²) >= 11 is 0. The highest BCUT2D eigenvalue weighted by Crippen LogP contribution is 2.61. The first kappa shape index (κ1) is 14.0. The highest BCUT2D eigenvalue weighted by molar-refractivity contribution is 5.49. The van der Waals surface area contributed by atoms with E-state index < -0.39 is 0 Å². The van der Waals surface area contributed by atoms with Crippen molar-refractivity contribution in [2.45, 2.75) is 44.2 Å². The molecule has 1 heteroatoms. The van der Waals surface area contributed by atoms with Crippen LogP contribution in [0.5, 0.6) is 0 Å². The second kappa shape index (κ2) is 5.55. The molecule has 1 nitrogen and oxygen atoms in total. The molecule has 0 saturated carbocycles. The highest BCUT2D eigenvalue weighted by Gasteiger charge is 2.67. The summed E-state index contributed by atoms with van der Waals surface area (Å²) in [7, 11) is 0.